The Morgan fingerprint density at radius 3 is 2.79 bits per heavy atom. The second kappa shape index (κ2) is 7.15. The van der Waals surface area contributed by atoms with E-state index in [1.807, 2.05) is 11.8 Å². The predicted octanol–water partition coefficient (Wildman–Crippen LogP) is 0.149. The quantitative estimate of drug-likeness (QED) is 0.799. The third-order valence-corrected chi connectivity index (χ3v) is 6.72. The number of piperazine rings is 1. The van der Waals surface area contributed by atoms with Crippen LogP contribution in [0.3, 0.4) is 0 Å². The number of nitrogens with zero attached hydrogens (tertiary/aromatic N) is 1. The molecule has 2 saturated heterocycles. The third kappa shape index (κ3) is 4.81. The van der Waals surface area contributed by atoms with Gasteiger partial charge in [-0.1, -0.05) is 0 Å². The summed E-state index contributed by atoms with van der Waals surface area (Å²) in [6.45, 7) is 4.48. The lowest BCUT2D eigenvalue weighted by Gasteiger charge is -2.34. The maximum atomic E-state index is 12.1. The summed E-state index contributed by atoms with van der Waals surface area (Å²) in [5.41, 5.74) is 0. The molecule has 2 heterocycles. The van der Waals surface area contributed by atoms with Crippen LogP contribution >= 0.6 is 24.2 Å². The standard InChI is InChI=1S/C11H20N2O3S2.ClH/c1-9-6-12-3-4-13(9)11(14)7-17-10-2-5-18(15,16)8-10;/h9-10,12H,2-8H2,1H3;1H/t9-,10?;/m1./s1. The molecule has 8 heteroatoms. The van der Waals surface area contributed by atoms with Crippen molar-refractivity contribution in [3.8, 4) is 0 Å². The van der Waals surface area contributed by atoms with Gasteiger partial charge in [-0.25, -0.2) is 8.42 Å². The number of halogens is 1. The van der Waals surface area contributed by atoms with E-state index in [1.54, 1.807) is 0 Å². The lowest BCUT2D eigenvalue weighted by atomic mass is 10.2. The molecule has 2 aliphatic heterocycles. The molecule has 1 amide bonds. The van der Waals surface area contributed by atoms with Crippen molar-refractivity contribution in [1.29, 1.82) is 0 Å². The van der Waals surface area contributed by atoms with Crippen molar-refractivity contribution in [2.45, 2.75) is 24.6 Å². The summed E-state index contributed by atoms with van der Waals surface area (Å²) in [6.07, 6.45) is 0.692. The van der Waals surface area contributed by atoms with Crippen LogP contribution in [0.4, 0.5) is 0 Å². The first-order valence-corrected chi connectivity index (χ1v) is 9.17. The lowest BCUT2D eigenvalue weighted by molar-refractivity contribution is -0.131. The van der Waals surface area contributed by atoms with Crippen LogP contribution in [0.5, 0.6) is 0 Å². The van der Waals surface area contributed by atoms with Crippen LogP contribution in [0.1, 0.15) is 13.3 Å². The van der Waals surface area contributed by atoms with Gasteiger partial charge in [0.25, 0.3) is 0 Å². The highest BCUT2D eigenvalue weighted by Crippen LogP contribution is 2.24. The lowest BCUT2D eigenvalue weighted by Crippen LogP contribution is -2.52. The summed E-state index contributed by atoms with van der Waals surface area (Å²) in [4.78, 5) is 14.0. The van der Waals surface area contributed by atoms with Gasteiger partial charge >= 0.3 is 0 Å². The van der Waals surface area contributed by atoms with Gasteiger partial charge in [0.2, 0.25) is 5.91 Å². The number of sulfone groups is 1. The first-order valence-electron chi connectivity index (χ1n) is 6.30. The zero-order valence-electron chi connectivity index (χ0n) is 11.0. The van der Waals surface area contributed by atoms with E-state index >= 15 is 0 Å². The van der Waals surface area contributed by atoms with Gasteiger partial charge in [0.15, 0.2) is 9.84 Å². The molecule has 2 fully saturated rings. The molecule has 0 spiro atoms. The van der Waals surface area contributed by atoms with Crippen molar-refractivity contribution >= 4 is 39.9 Å². The Hall–Kier alpha value is 0.0200. The van der Waals surface area contributed by atoms with Gasteiger partial charge in [0.1, 0.15) is 0 Å². The van der Waals surface area contributed by atoms with E-state index in [2.05, 4.69) is 5.32 Å². The molecule has 2 atom stereocenters. The topological polar surface area (TPSA) is 66.5 Å². The minimum atomic E-state index is -2.83. The van der Waals surface area contributed by atoms with Crippen molar-refractivity contribution in [3.63, 3.8) is 0 Å². The minimum absolute atomic E-state index is 0. The van der Waals surface area contributed by atoms with Crippen molar-refractivity contribution in [2.75, 3.05) is 36.9 Å². The van der Waals surface area contributed by atoms with Gasteiger partial charge in [-0.05, 0) is 13.3 Å². The Morgan fingerprint density at radius 1 is 1.47 bits per heavy atom. The molecule has 2 aliphatic rings. The average Bonchev–Trinajstić information content (AvgIpc) is 2.66. The van der Waals surface area contributed by atoms with Crippen molar-refractivity contribution in [1.82, 2.24) is 10.2 Å². The summed E-state index contributed by atoms with van der Waals surface area (Å²) >= 11 is 1.50. The highest BCUT2D eigenvalue weighted by molar-refractivity contribution is 8.02. The van der Waals surface area contributed by atoms with Crippen LogP contribution in [-0.4, -0.2) is 67.4 Å². The number of nitrogens with one attached hydrogen (secondary N) is 1. The van der Waals surface area contributed by atoms with E-state index in [0.717, 1.165) is 19.6 Å². The largest absolute Gasteiger partial charge is 0.337 e. The molecule has 0 aromatic rings. The molecular weight excluding hydrogens is 308 g/mol. The maximum Gasteiger partial charge on any atom is 0.232 e. The summed E-state index contributed by atoms with van der Waals surface area (Å²) in [6, 6.07) is 0.235. The van der Waals surface area contributed by atoms with E-state index < -0.39 is 9.84 Å². The SMILES string of the molecule is C[C@@H]1CNCCN1C(=O)CSC1CCS(=O)(=O)C1.Cl. The molecular formula is C11H21ClN2O3S2. The minimum Gasteiger partial charge on any atom is -0.337 e. The summed E-state index contributed by atoms with van der Waals surface area (Å²) in [5.74, 6) is 1.06. The Balaban J connectivity index is 0.00000180. The van der Waals surface area contributed by atoms with Crippen LogP contribution in [0, 0.1) is 0 Å². The van der Waals surface area contributed by atoms with E-state index in [-0.39, 0.29) is 41.1 Å². The normalized spacial score (nSPS) is 29.8. The number of carbonyl (C=O) groups is 1. The number of carbonyl (C=O) groups excluding carboxylic acids is 1. The second-order valence-corrected chi connectivity index (χ2v) is 8.49. The molecule has 2 rings (SSSR count). The van der Waals surface area contributed by atoms with Gasteiger partial charge in [0.05, 0.1) is 17.3 Å². The maximum absolute atomic E-state index is 12.1. The van der Waals surface area contributed by atoms with Crippen LogP contribution in [0.2, 0.25) is 0 Å². The van der Waals surface area contributed by atoms with Crippen molar-refractivity contribution in [3.05, 3.63) is 0 Å². The molecule has 0 aliphatic carbocycles. The Bertz CT molecular complexity index is 416. The number of rotatable bonds is 3. The van der Waals surface area contributed by atoms with Crippen LogP contribution in [0.15, 0.2) is 0 Å². The average molecular weight is 329 g/mol. The molecule has 19 heavy (non-hydrogen) atoms. The molecule has 0 saturated carbocycles. The summed E-state index contributed by atoms with van der Waals surface area (Å²) in [7, 11) is -2.83. The summed E-state index contributed by atoms with van der Waals surface area (Å²) < 4.78 is 22.6. The smallest absolute Gasteiger partial charge is 0.232 e. The van der Waals surface area contributed by atoms with Gasteiger partial charge in [0, 0.05) is 30.9 Å². The highest BCUT2D eigenvalue weighted by Gasteiger charge is 2.30. The Labute approximate surface area is 125 Å². The van der Waals surface area contributed by atoms with Gasteiger partial charge in [-0.15, -0.1) is 24.2 Å². The Kier molecular flexibility index (Phi) is 6.42. The van der Waals surface area contributed by atoms with E-state index in [4.69, 9.17) is 0 Å². The molecule has 0 radical (unpaired) electrons. The fourth-order valence-corrected chi connectivity index (χ4v) is 5.90. The first-order chi connectivity index (χ1) is 8.48. The highest BCUT2D eigenvalue weighted by atomic mass is 35.5. The zero-order valence-corrected chi connectivity index (χ0v) is 13.5. The van der Waals surface area contributed by atoms with E-state index in [9.17, 15) is 13.2 Å². The monoisotopic (exact) mass is 328 g/mol. The van der Waals surface area contributed by atoms with Gasteiger partial charge in [-0.3, -0.25) is 4.79 Å². The van der Waals surface area contributed by atoms with E-state index in [0.29, 0.717) is 12.2 Å². The Morgan fingerprint density at radius 2 is 2.21 bits per heavy atom. The van der Waals surface area contributed by atoms with Crippen molar-refractivity contribution in [2.24, 2.45) is 0 Å². The van der Waals surface area contributed by atoms with E-state index in [1.165, 1.54) is 11.8 Å². The predicted molar refractivity (Wildman–Crippen MR) is 80.8 cm³/mol. The number of thioether (sulfide) groups is 1. The third-order valence-electron chi connectivity index (χ3n) is 3.45. The zero-order chi connectivity index (χ0) is 13.2. The first kappa shape index (κ1) is 17.1. The molecule has 5 nitrogen and oxygen atoms in total. The molecule has 112 valence electrons. The molecule has 1 unspecified atom stereocenters. The molecule has 0 aromatic heterocycles. The fraction of sp³-hybridized carbons (Fsp3) is 0.909. The van der Waals surface area contributed by atoms with Crippen molar-refractivity contribution < 1.29 is 13.2 Å². The number of hydrogen-bond donors (Lipinski definition) is 1. The van der Waals surface area contributed by atoms with Crippen LogP contribution in [0.25, 0.3) is 0 Å². The molecule has 0 bridgehead atoms. The summed E-state index contributed by atoms with van der Waals surface area (Å²) in [5, 5.41) is 3.36. The second-order valence-electron chi connectivity index (χ2n) is 4.98. The molecule has 1 N–H and O–H groups in total. The van der Waals surface area contributed by atoms with Gasteiger partial charge < -0.3 is 10.2 Å². The van der Waals surface area contributed by atoms with Crippen LogP contribution < -0.4 is 5.32 Å². The van der Waals surface area contributed by atoms with Crippen LogP contribution in [-0.2, 0) is 14.6 Å². The molecule has 0 aromatic carbocycles. The fourth-order valence-electron chi connectivity index (χ4n) is 2.38. The van der Waals surface area contributed by atoms with Gasteiger partial charge in [-0.2, -0.15) is 0 Å². The number of amides is 1. The number of hydrogen-bond acceptors (Lipinski definition) is 5.